The summed E-state index contributed by atoms with van der Waals surface area (Å²) in [6.07, 6.45) is 2.52. The predicted molar refractivity (Wildman–Crippen MR) is 101 cm³/mol. The van der Waals surface area contributed by atoms with E-state index < -0.39 is 0 Å². The van der Waals surface area contributed by atoms with Gasteiger partial charge in [0.05, 0.1) is 0 Å². The number of hydrogen-bond acceptors (Lipinski definition) is 3. The topological polar surface area (TPSA) is 66.6 Å². The molecule has 2 fully saturated rings. The average molecular weight is 366 g/mol. The Balaban J connectivity index is 0.00000225. The summed E-state index contributed by atoms with van der Waals surface area (Å²) in [5.74, 6) is 0.803. The number of likely N-dealkylation sites (tertiary alicyclic amines) is 2. The second kappa shape index (κ2) is 8.68. The lowest BCUT2D eigenvalue weighted by atomic mass is 9.94. The quantitative estimate of drug-likeness (QED) is 0.892. The number of amides is 2. The number of nitrogens with two attached hydrogens (primary N) is 1. The lowest BCUT2D eigenvalue weighted by Crippen LogP contribution is -2.45. The zero-order chi connectivity index (χ0) is 17.1. The normalized spacial score (nSPS) is 24.1. The van der Waals surface area contributed by atoms with Gasteiger partial charge in [-0.3, -0.25) is 9.59 Å². The van der Waals surface area contributed by atoms with Gasteiger partial charge in [-0.1, -0.05) is 18.2 Å². The summed E-state index contributed by atoms with van der Waals surface area (Å²) in [6.45, 7) is 4.87. The first-order valence-electron chi connectivity index (χ1n) is 8.95. The number of hydrogen-bond donors (Lipinski definition) is 1. The maximum absolute atomic E-state index is 12.8. The minimum atomic E-state index is 0. The second-order valence-electron chi connectivity index (χ2n) is 7.11. The molecule has 0 bridgehead atoms. The lowest BCUT2D eigenvalue weighted by molar-refractivity contribution is -0.137. The number of rotatable bonds is 3. The highest BCUT2D eigenvalue weighted by Gasteiger charge is 2.36. The summed E-state index contributed by atoms with van der Waals surface area (Å²) in [5.41, 5.74) is 6.48. The molecule has 1 aromatic carbocycles. The van der Waals surface area contributed by atoms with Gasteiger partial charge in [0, 0.05) is 37.2 Å². The van der Waals surface area contributed by atoms with E-state index >= 15 is 0 Å². The smallest absolute Gasteiger partial charge is 0.253 e. The van der Waals surface area contributed by atoms with Crippen LogP contribution in [-0.2, 0) is 4.79 Å². The van der Waals surface area contributed by atoms with Crippen molar-refractivity contribution >= 4 is 24.2 Å². The van der Waals surface area contributed by atoms with Crippen LogP contribution in [0.3, 0.4) is 0 Å². The molecule has 0 aromatic heterocycles. The van der Waals surface area contributed by atoms with Crippen molar-refractivity contribution in [3.05, 3.63) is 35.9 Å². The molecule has 2 amide bonds. The van der Waals surface area contributed by atoms with Crippen molar-refractivity contribution in [1.82, 2.24) is 9.80 Å². The first-order chi connectivity index (χ1) is 11.6. The van der Waals surface area contributed by atoms with Gasteiger partial charge in [0.1, 0.15) is 0 Å². The second-order valence-corrected chi connectivity index (χ2v) is 7.11. The first-order valence-corrected chi connectivity index (χ1v) is 8.95. The third-order valence-corrected chi connectivity index (χ3v) is 5.43. The van der Waals surface area contributed by atoms with E-state index in [1.54, 1.807) is 0 Å². The van der Waals surface area contributed by atoms with E-state index in [4.69, 9.17) is 5.73 Å². The van der Waals surface area contributed by atoms with Gasteiger partial charge < -0.3 is 15.5 Å². The summed E-state index contributed by atoms with van der Waals surface area (Å²) in [5, 5.41) is 0. The number of benzene rings is 1. The Labute approximate surface area is 155 Å². The zero-order valence-corrected chi connectivity index (χ0v) is 15.6. The fourth-order valence-electron chi connectivity index (χ4n) is 3.95. The molecule has 2 saturated heterocycles. The third kappa shape index (κ3) is 4.33. The van der Waals surface area contributed by atoms with Crippen molar-refractivity contribution in [2.75, 3.05) is 26.2 Å². The number of carbonyl (C=O) groups is 2. The fraction of sp³-hybridized carbons (Fsp3) is 0.579. The van der Waals surface area contributed by atoms with Crippen LogP contribution in [0.25, 0.3) is 0 Å². The molecule has 0 saturated carbocycles. The molecule has 2 N–H and O–H groups in total. The van der Waals surface area contributed by atoms with Crippen LogP contribution in [-0.4, -0.2) is 53.8 Å². The molecular weight excluding hydrogens is 338 g/mol. The van der Waals surface area contributed by atoms with Crippen molar-refractivity contribution in [2.24, 2.45) is 17.6 Å². The molecule has 6 heteroatoms. The summed E-state index contributed by atoms with van der Waals surface area (Å²) in [7, 11) is 0. The van der Waals surface area contributed by atoms with Crippen molar-refractivity contribution in [3.63, 3.8) is 0 Å². The molecule has 2 unspecified atom stereocenters. The fourth-order valence-corrected chi connectivity index (χ4v) is 3.95. The van der Waals surface area contributed by atoms with Crippen LogP contribution in [0.2, 0.25) is 0 Å². The number of carbonyl (C=O) groups excluding carboxylic acids is 2. The van der Waals surface area contributed by atoms with Crippen molar-refractivity contribution in [2.45, 2.75) is 32.2 Å². The summed E-state index contributed by atoms with van der Waals surface area (Å²) in [6, 6.07) is 9.65. The number of nitrogens with zero attached hydrogens (tertiary/aromatic N) is 2. The SMILES string of the molecule is CC1CC(CN)CN1C(=O)C1CCN(C(=O)c2ccccc2)CC1.Cl. The highest BCUT2D eigenvalue weighted by Crippen LogP contribution is 2.28. The molecule has 2 aliphatic rings. The maximum atomic E-state index is 12.8. The summed E-state index contributed by atoms with van der Waals surface area (Å²) >= 11 is 0. The molecule has 1 aromatic rings. The van der Waals surface area contributed by atoms with Crippen LogP contribution in [0.4, 0.5) is 0 Å². The van der Waals surface area contributed by atoms with Crippen molar-refractivity contribution in [3.8, 4) is 0 Å². The molecule has 2 aliphatic heterocycles. The Morgan fingerprint density at radius 2 is 1.80 bits per heavy atom. The molecule has 2 atom stereocenters. The molecular formula is C19H28ClN3O2. The van der Waals surface area contributed by atoms with Crippen LogP contribution < -0.4 is 5.73 Å². The Kier molecular flexibility index (Phi) is 6.85. The van der Waals surface area contributed by atoms with Crippen LogP contribution in [0, 0.1) is 11.8 Å². The number of piperidine rings is 1. The van der Waals surface area contributed by atoms with Crippen LogP contribution in [0.15, 0.2) is 30.3 Å². The minimum absolute atomic E-state index is 0. The highest BCUT2D eigenvalue weighted by atomic mass is 35.5. The third-order valence-electron chi connectivity index (χ3n) is 5.43. The van der Waals surface area contributed by atoms with Gasteiger partial charge >= 0.3 is 0 Å². The molecule has 138 valence electrons. The molecule has 0 spiro atoms. The van der Waals surface area contributed by atoms with E-state index in [1.807, 2.05) is 40.1 Å². The van der Waals surface area contributed by atoms with Crippen molar-refractivity contribution < 1.29 is 9.59 Å². The van der Waals surface area contributed by atoms with Crippen molar-refractivity contribution in [1.29, 1.82) is 0 Å². The van der Waals surface area contributed by atoms with Gasteiger partial charge in [0.25, 0.3) is 5.91 Å². The zero-order valence-electron chi connectivity index (χ0n) is 14.8. The Morgan fingerprint density at radius 3 is 2.36 bits per heavy atom. The summed E-state index contributed by atoms with van der Waals surface area (Å²) in [4.78, 5) is 29.2. The minimum Gasteiger partial charge on any atom is -0.339 e. The predicted octanol–water partition coefficient (Wildman–Crippen LogP) is 2.16. The van der Waals surface area contributed by atoms with Gasteiger partial charge in [-0.05, 0) is 50.8 Å². The van der Waals surface area contributed by atoms with Gasteiger partial charge in [0.15, 0.2) is 0 Å². The van der Waals surface area contributed by atoms with E-state index in [9.17, 15) is 9.59 Å². The molecule has 5 nitrogen and oxygen atoms in total. The van der Waals surface area contributed by atoms with E-state index in [0.29, 0.717) is 25.6 Å². The largest absolute Gasteiger partial charge is 0.339 e. The van der Waals surface area contributed by atoms with E-state index in [0.717, 1.165) is 31.4 Å². The number of halogens is 1. The molecule has 2 heterocycles. The van der Waals surface area contributed by atoms with E-state index in [-0.39, 0.29) is 36.2 Å². The standard InChI is InChI=1S/C19H27N3O2.ClH/c1-14-11-15(12-20)13-22(14)19(24)17-7-9-21(10-8-17)18(23)16-5-3-2-4-6-16;/h2-6,14-15,17H,7-13,20H2,1H3;1H. The molecule has 0 radical (unpaired) electrons. The van der Waals surface area contributed by atoms with Crippen LogP contribution >= 0.6 is 12.4 Å². The highest BCUT2D eigenvalue weighted by molar-refractivity contribution is 5.94. The monoisotopic (exact) mass is 365 g/mol. The average Bonchev–Trinajstić information content (AvgIpc) is 3.02. The van der Waals surface area contributed by atoms with Gasteiger partial charge in [-0.2, -0.15) is 0 Å². The Hall–Kier alpha value is -1.59. The first kappa shape index (κ1) is 19.7. The Morgan fingerprint density at radius 1 is 1.16 bits per heavy atom. The van der Waals surface area contributed by atoms with Crippen LogP contribution in [0.5, 0.6) is 0 Å². The van der Waals surface area contributed by atoms with E-state index in [1.165, 1.54) is 0 Å². The summed E-state index contributed by atoms with van der Waals surface area (Å²) < 4.78 is 0. The maximum Gasteiger partial charge on any atom is 0.253 e. The van der Waals surface area contributed by atoms with Gasteiger partial charge in [0.2, 0.25) is 5.91 Å². The van der Waals surface area contributed by atoms with Gasteiger partial charge in [-0.15, -0.1) is 12.4 Å². The molecule has 0 aliphatic carbocycles. The van der Waals surface area contributed by atoms with Crippen LogP contribution in [0.1, 0.15) is 36.5 Å². The lowest BCUT2D eigenvalue weighted by Gasteiger charge is -2.34. The van der Waals surface area contributed by atoms with Gasteiger partial charge in [-0.25, -0.2) is 0 Å². The molecule has 25 heavy (non-hydrogen) atoms. The molecule has 3 rings (SSSR count). The Bertz CT molecular complexity index is 588. The van der Waals surface area contributed by atoms with E-state index in [2.05, 4.69) is 6.92 Å².